The third-order valence-electron chi connectivity index (χ3n) is 3.10. The Kier molecular flexibility index (Phi) is 9.06. The lowest BCUT2D eigenvalue weighted by atomic mass is 10.1. The largest absolute Gasteiger partial charge is 0.380 e. The van der Waals surface area contributed by atoms with Crippen LogP contribution in [0, 0.1) is 0 Å². The van der Waals surface area contributed by atoms with E-state index in [9.17, 15) is 0 Å². The summed E-state index contributed by atoms with van der Waals surface area (Å²) in [6.45, 7) is 12.6. The lowest BCUT2D eigenvalue weighted by molar-refractivity contribution is 0.0904. The highest BCUT2D eigenvalue weighted by Gasteiger charge is 2.19. The molecule has 92 valence electrons. The molecule has 0 fully saturated rings. The van der Waals surface area contributed by atoms with Crippen molar-refractivity contribution < 1.29 is 4.74 Å². The second-order valence-corrected chi connectivity index (χ2v) is 3.87. The van der Waals surface area contributed by atoms with Crippen LogP contribution in [-0.2, 0) is 4.74 Å². The van der Waals surface area contributed by atoms with Gasteiger partial charge >= 0.3 is 0 Å². The normalized spacial score (nSPS) is 15.6. The number of nitrogens with one attached hydrogen (secondary N) is 1. The molecule has 0 aromatic rings. The molecule has 0 aliphatic rings. The van der Waals surface area contributed by atoms with Gasteiger partial charge in [0.2, 0.25) is 0 Å². The fourth-order valence-corrected chi connectivity index (χ4v) is 2.02. The van der Waals surface area contributed by atoms with E-state index in [1.807, 2.05) is 14.0 Å². The number of ether oxygens (including phenoxy) is 1. The maximum atomic E-state index is 5.40. The molecule has 0 bridgehead atoms. The molecule has 1 N–H and O–H groups in total. The molecule has 0 aliphatic heterocycles. The van der Waals surface area contributed by atoms with E-state index < -0.39 is 0 Å². The van der Waals surface area contributed by atoms with Gasteiger partial charge in [-0.05, 0) is 33.9 Å². The Morgan fingerprint density at radius 3 is 2.33 bits per heavy atom. The third-order valence-corrected chi connectivity index (χ3v) is 3.10. The van der Waals surface area contributed by atoms with Gasteiger partial charge in [-0.2, -0.15) is 0 Å². The molecule has 3 heteroatoms. The van der Waals surface area contributed by atoms with Crippen molar-refractivity contribution in [3.8, 4) is 0 Å². The average molecular weight is 216 g/mol. The van der Waals surface area contributed by atoms with Crippen molar-refractivity contribution in [2.75, 3.05) is 33.4 Å². The highest BCUT2D eigenvalue weighted by molar-refractivity contribution is 4.78. The monoisotopic (exact) mass is 216 g/mol. The van der Waals surface area contributed by atoms with E-state index in [0.29, 0.717) is 12.1 Å². The van der Waals surface area contributed by atoms with E-state index in [1.54, 1.807) is 0 Å². The molecule has 0 aliphatic carbocycles. The zero-order valence-corrected chi connectivity index (χ0v) is 11.0. The van der Waals surface area contributed by atoms with Crippen molar-refractivity contribution in [2.45, 2.75) is 46.2 Å². The van der Waals surface area contributed by atoms with Crippen LogP contribution in [0.4, 0.5) is 0 Å². The molecule has 0 aromatic carbocycles. The van der Waals surface area contributed by atoms with Gasteiger partial charge in [-0.1, -0.05) is 13.8 Å². The van der Waals surface area contributed by atoms with Gasteiger partial charge in [0.15, 0.2) is 0 Å². The maximum absolute atomic E-state index is 5.40. The second kappa shape index (κ2) is 9.13. The first kappa shape index (κ1) is 14.9. The molecule has 0 heterocycles. The summed E-state index contributed by atoms with van der Waals surface area (Å²) in [4.78, 5) is 2.47. The number of likely N-dealkylation sites (N-methyl/N-ethyl adjacent to an activating group) is 2. The summed E-state index contributed by atoms with van der Waals surface area (Å²) in [5.41, 5.74) is 0. The molecule has 0 saturated carbocycles. The molecule has 3 nitrogen and oxygen atoms in total. The Balaban J connectivity index is 4.01. The molecule has 0 radical (unpaired) electrons. The Bertz CT molecular complexity index is 138. The van der Waals surface area contributed by atoms with Gasteiger partial charge in [0.25, 0.3) is 0 Å². The lowest BCUT2D eigenvalue weighted by Gasteiger charge is -2.33. The van der Waals surface area contributed by atoms with Crippen LogP contribution in [0.1, 0.15) is 34.1 Å². The van der Waals surface area contributed by atoms with Gasteiger partial charge in [0.05, 0.1) is 6.61 Å². The predicted molar refractivity (Wildman–Crippen MR) is 66.3 cm³/mol. The highest BCUT2D eigenvalue weighted by Crippen LogP contribution is 2.06. The van der Waals surface area contributed by atoms with Crippen molar-refractivity contribution in [1.29, 1.82) is 0 Å². The van der Waals surface area contributed by atoms with Gasteiger partial charge in [-0.3, -0.25) is 4.90 Å². The van der Waals surface area contributed by atoms with E-state index in [2.05, 4.69) is 31.0 Å². The summed E-state index contributed by atoms with van der Waals surface area (Å²) in [5.74, 6) is 0. The van der Waals surface area contributed by atoms with Crippen LogP contribution in [0.3, 0.4) is 0 Å². The number of rotatable bonds is 9. The fraction of sp³-hybridized carbons (Fsp3) is 1.00. The van der Waals surface area contributed by atoms with Crippen LogP contribution in [0.25, 0.3) is 0 Å². The topological polar surface area (TPSA) is 24.5 Å². The third kappa shape index (κ3) is 5.50. The van der Waals surface area contributed by atoms with Gasteiger partial charge in [-0.25, -0.2) is 0 Å². The molecule has 2 atom stereocenters. The first-order valence-corrected chi connectivity index (χ1v) is 6.20. The minimum atomic E-state index is 0.574. The number of hydrogen-bond acceptors (Lipinski definition) is 3. The molecular formula is C12H28N2O. The van der Waals surface area contributed by atoms with Crippen LogP contribution >= 0.6 is 0 Å². The Morgan fingerprint density at radius 1 is 1.27 bits per heavy atom. The molecular weight excluding hydrogens is 188 g/mol. The van der Waals surface area contributed by atoms with E-state index in [0.717, 1.165) is 26.3 Å². The smallest absolute Gasteiger partial charge is 0.0593 e. The minimum absolute atomic E-state index is 0.574. The van der Waals surface area contributed by atoms with Crippen LogP contribution in [0.15, 0.2) is 0 Å². The van der Waals surface area contributed by atoms with Crippen molar-refractivity contribution in [1.82, 2.24) is 10.2 Å². The average Bonchev–Trinajstić information content (AvgIpc) is 2.26. The predicted octanol–water partition coefficient (Wildman–Crippen LogP) is 1.73. The molecule has 2 unspecified atom stereocenters. The van der Waals surface area contributed by atoms with Gasteiger partial charge in [-0.15, -0.1) is 0 Å². The summed E-state index contributed by atoms with van der Waals surface area (Å²) in [7, 11) is 2.04. The first-order valence-electron chi connectivity index (χ1n) is 6.20. The SMILES string of the molecule is CCOCCN(CC)C(C)C(CC)NC. The first-order chi connectivity index (χ1) is 7.21. The quantitative estimate of drug-likeness (QED) is 0.594. The lowest BCUT2D eigenvalue weighted by Crippen LogP contribution is -2.48. The molecule has 0 amide bonds. The summed E-state index contributed by atoms with van der Waals surface area (Å²) in [5, 5.41) is 3.37. The van der Waals surface area contributed by atoms with E-state index >= 15 is 0 Å². The van der Waals surface area contributed by atoms with Gasteiger partial charge in [0.1, 0.15) is 0 Å². The molecule has 15 heavy (non-hydrogen) atoms. The minimum Gasteiger partial charge on any atom is -0.380 e. The Morgan fingerprint density at radius 2 is 1.93 bits per heavy atom. The molecule has 0 rings (SSSR count). The summed E-state index contributed by atoms with van der Waals surface area (Å²) in [6, 6.07) is 1.15. The van der Waals surface area contributed by atoms with Crippen molar-refractivity contribution in [2.24, 2.45) is 0 Å². The second-order valence-electron chi connectivity index (χ2n) is 3.87. The molecule has 0 spiro atoms. The number of hydrogen-bond donors (Lipinski definition) is 1. The summed E-state index contributed by atoms with van der Waals surface area (Å²) in [6.07, 6.45) is 1.17. The Hall–Kier alpha value is -0.120. The number of nitrogens with zero attached hydrogens (tertiary/aromatic N) is 1. The highest BCUT2D eigenvalue weighted by atomic mass is 16.5. The van der Waals surface area contributed by atoms with Gasteiger partial charge in [0, 0.05) is 25.2 Å². The van der Waals surface area contributed by atoms with Crippen molar-refractivity contribution >= 4 is 0 Å². The molecule has 0 aromatic heterocycles. The zero-order valence-electron chi connectivity index (χ0n) is 11.0. The fourth-order valence-electron chi connectivity index (χ4n) is 2.02. The summed E-state index contributed by atoms with van der Waals surface area (Å²) >= 11 is 0. The van der Waals surface area contributed by atoms with E-state index in [-0.39, 0.29) is 0 Å². The standard InChI is InChI=1S/C12H28N2O/c1-6-12(13-5)11(4)14(7-2)9-10-15-8-3/h11-13H,6-10H2,1-5H3. The van der Waals surface area contributed by atoms with Crippen LogP contribution < -0.4 is 5.32 Å². The maximum Gasteiger partial charge on any atom is 0.0593 e. The molecule has 0 saturated heterocycles. The van der Waals surface area contributed by atoms with Crippen LogP contribution in [-0.4, -0.2) is 50.3 Å². The van der Waals surface area contributed by atoms with E-state index in [4.69, 9.17) is 4.74 Å². The Labute approximate surface area is 95.2 Å². The van der Waals surface area contributed by atoms with Crippen molar-refractivity contribution in [3.63, 3.8) is 0 Å². The van der Waals surface area contributed by atoms with Crippen LogP contribution in [0.2, 0.25) is 0 Å². The van der Waals surface area contributed by atoms with E-state index in [1.165, 1.54) is 6.42 Å². The van der Waals surface area contributed by atoms with Crippen LogP contribution in [0.5, 0.6) is 0 Å². The zero-order chi connectivity index (χ0) is 11.7. The summed E-state index contributed by atoms with van der Waals surface area (Å²) < 4.78 is 5.40. The van der Waals surface area contributed by atoms with Gasteiger partial charge < -0.3 is 10.1 Å². The van der Waals surface area contributed by atoms with Crippen molar-refractivity contribution in [3.05, 3.63) is 0 Å².